The summed E-state index contributed by atoms with van der Waals surface area (Å²) < 4.78 is 11.8. The quantitative estimate of drug-likeness (QED) is 0.316. The molecule has 1 saturated carbocycles. The zero-order valence-electron chi connectivity index (χ0n) is 23.6. The lowest BCUT2D eigenvalue weighted by Gasteiger charge is -2.24. The molecule has 0 bridgehead atoms. The summed E-state index contributed by atoms with van der Waals surface area (Å²) in [6.45, 7) is 1.86. The smallest absolute Gasteiger partial charge is 0.314 e. The Hall–Kier alpha value is -5.26. The van der Waals surface area contributed by atoms with Crippen molar-refractivity contribution >= 4 is 41.0 Å². The van der Waals surface area contributed by atoms with Crippen LogP contribution in [-0.4, -0.2) is 52.6 Å². The Morgan fingerprint density at radius 2 is 1.70 bits per heavy atom. The van der Waals surface area contributed by atoms with Crippen LogP contribution in [0, 0.1) is 0 Å². The number of methoxy groups -OCH3 is 1. The summed E-state index contributed by atoms with van der Waals surface area (Å²) in [5.74, 6) is -2.55. The molecule has 3 aromatic rings. The average Bonchev–Trinajstić information content (AvgIpc) is 3.66. The van der Waals surface area contributed by atoms with Crippen LogP contribution in [0.1, 0.15) is 80.8 Å². The molecule has 5 amide bonds. The lowest BCUT2D eigenvalue weighted by Crippen LogP contribution is -2.30. The maximum absolute atomic E-state index is 13.7. The molecule has 3 aliphatic rings. The van der Waals surface area contributed by atoms with Gasteiger partial charge in [-0.2, -0.15) is 0 Å². The fourth-order valence-electron chi connectivity index (χ4n) is 5.89. The molecule has 1 aromatic heterocycles. The number of nitrogens with zero attached hydrogens (tertiary/aromatic N) is 3. The highest BCUT2D eigenvalue weighted by Gasteiger charge is 2.38. The topological polar surface area (TPSA) is 161 Å². The minimum absolute atomic E-state index is 0.0342. The first kappa shape index (κ1) is 27.9. The van der Waals surface area contributed by atoms with Gasteiger partial charge in [-0.05, 0) is 68.0 Å². The molecule has 2 aromatic carbocycles. The number of benzene rings is 2. The third-order valence-corrected chi connectivity index (χ3v) is 8.09. The van der Waals surface area contributed by atoms with Gasteiger partial charge in [0.15, 0.2) is 11.5 Å². The number of hydrogen-bond acceptors (Lipinski definition) is 8. The van der Waals surface area contributed by atoms with E-state index in [0.29, 0.717) is 28.3 Å². The monoisotopic (exact) mass is 583 g/mol. The van der Waals surface area contributed by atoms with Crippen LogP contribution in [0.3, 0.4) is 0 Å². The second kappa shape index (κ2) is 10.9. The molecule has 0 saturated heterocycles. The van der Waals surface area contributed by atoms with Crippen molar-refractivity contribution in [2.45, 2.75) is 51.3 Å². The third-order valence-electron chi connectivity index (χ3n) is 8.09. The molecule has 0 radical (unpaired) electrons. The maximum atomic E-state index is 13.7. The Morgan fingerprint density at radius 3 is 2.42 bits per heavy atom. The van der Waals surface area contributed by atoms with E-state index in [9.17, 15) is 24.0 Å². The average molecular weight is 584 g/mol. The maximum Gasteiger partial charge on any atom is 0.314 e. The lowest BCUT2D eigenvalue weighted by molar-refractivity contribution is -0.134. The SMILES string of the molecule is COc1ccc(N2C(=O)c3cc(CN4C(=O)c5cnc(NC(=O)C(N)=O)cc5C4=O)ccc3C2C)cc1OC1CCCC1. The molecular weight excluding hydrogens is 554 g/mol. The number of amides is 5. The van der Waals surface area contributed by atoms with Gasteiger partial charge in [0.1, 0.15) is 5.82 Å². The van der Waals surface area contributed by atoms with E-state index in [1.54, 1.807) is 30.2 Å². The van der Waals surface area contributed by atoms with E-state index >= 15 is 0 Å². The second-order valence-corrected chi connectivity index (χ2v) is 10.8. The summed E-state index contributed by atoms with van der Waals surface area (Å²) in [6.07, 6.45) is 5.50. The predicted octanol–water partition coefficient (Wildman–Crippen LogP) is 3.35. The summed E-state index contributed by atoms with van der Waals surface area (Å²) >= 11 is 0. The molecule has 3 heterocycles. The largest absolute Gasteiger partial charge is 0.493 e. The zero-order valence-corrected chi connectivity index (χ0v) is 23.6. The van der Waals surface area contributed by atoms with E-state index in [1.807, 2.05) is 25.1 Å². The molecule has 2 aliphatic heterocycles. The third kappa shape index (κ3) is 4.94. The standard InChI is InChI=1S/C31H29N5O7/c1-16-20-9-7-17(15-35-29(39)22-13-26(34-28(38)27(32)37)33-14-23(22)30(35)40)11-21(20)31(41)36(16)18-8-10-24(42-2)25(12-18)43-19-5-3-4-6-19/h7-14,16,19H,3-6,15H2,1-2H3,(H2,32,37)(H,33,34,38). The number of pyridine rings is 1. The summed E-state index contributed by atoms with van der Waals surface area (Å²) in [7, 11) is 1.59. The van der Waals surface area contributed by atoms with Crippen molar-refractivity contribution in [1.29, 1.82) is 0 Å². The number of ether oxygens (including phenoxy) is 2. The van der Waals surface area contributed by atoms with Crippen LogP contribution >= 0.6 is 0 Å². The molecule has 1 fully saturated rings. The van der Waals surface area contributed by atoms with Gasteiger partial charge >= 0.3 is 11.8 Å². The van der Waals surface area contributed by atoms with Crippen molar-refractivity contribution in [3.05, 3.63) is 76.5 Å². The number of imide groups is 1. The predicted molar refractivity (Wildman–Crippen MR) is 154 cm³/mol. The van der Waals surface area contributed by atoms with Crippen LogP contribution in [0.15, 0.2) is 48.7 Å². The Balaban J connectivity index is 1.22. The van der Waals surface area contributed by atoms with Gasteiger partial charge in [-0.3, -0.25) is 28.9 Å². The minimum Gasteiger partial charge on any atom is -0.493 e. The highest BCUT2D eigenvalue weighted by molar-refractivity contribution is 6.39. The van der Waals surface area contributed by atoms with Gasteiger partial charge in [-0.1, -0.05) is 12.1 Å². The molecule has 12 nitrogen and oxygen atoms in total. The minimum atomic E-state index is -1.21. The number of rotatable bonds is 7. The van der Waals surface area contributed by atoms with Gasteiger partial charge in [-0.15, -0.1) is 0 Å². The molecule has 3 N–H and O–H groups in total. The van der Waals surface area contributed by atoms with Crippen molar-refractivity contribution < 1.29 is 33.4 Å². The van der Waals surface area contributed by atoms with Crippen LogP contribution < -0.4 is 25.4 Å². The Labute approximate surface area is 246 Å². The normalized spacial score (nSPS) is 17.7. The summed E-state index contributed by atoms with van der Waals surface area (Å²) in [6, 6.07) is 11.8. The second-order valence-electron chi connectivity index (χ2n) is 10.8. The van der Waals surface area contributed by atoms with Crippen LogP contribution in [0.25, 0.3) is 0 Å². The van der Waals surface area contributed by atoms with Crippen LogP contribution in [0.5, 0.6) is 11.5 Å². The number of carbonyl (C=O) groups excluding carboxylic acids is 5. The summed E-state index contributed by atoms with van der Waals surface area (Å²) in [5.41, 5.74) is 7.62. The van der Waals surface area contributed by atoms with E-state index in [2.05, 4.69) is 10.3 Å². The number of aromatic nitrogens is 1. The van der Waals surface area contributed by atoms with E-state index < -0.39 is 23.6 Å². The Bertz CT molecular complexity index is 1700. The van der Waals surface area contributed by atoms with Gasteiger partial charge in [0.2, 0.25) is 0 Å². The van der Waals surface area contributed by atoms with Gasteiger partial charge in [0.05, 0.1) is 36.9 Å². The van der Waals surface area contributed by atoms with E-state index in [-0.39, 0.29) is 41.5 Å². The van der Waals surface area contributed by atoms with Crippen molar-refractivity contribution in [2.24, 2.45) is 5.73 Å². The number of primary amides is 1. The number of hydrogen-bond donors (Lipinski definition) is 2. The molecule has 1 aliphatic carbocycles. The Morgan fingerprint density at radius 1 is 0.953 bits per heavy atom. The van der Waals surface area contributed by atoms with Crippen LogP contribution in [0.4, 0.5) is 11.5 Å². The van der Waals surface area contributed by atoms with Crippen LogP contribution in [0.2, 0.25) is 0 Å². The fourth-order valence-corrected chi connectivity index (χ4v) is 5.89. The van der Waals surface area contributed by atoms with Crippen molar-refractivity contribution in [3.8, 4) is 11.5 Å². The molecule has 1 atom stereocenters. The highest BCUT2D eigenvalue weighted by atomic mass is 16.5. The molecule has 12 heteroatoms. The number of fused-ring (bicyclic) bond motifs is 2. The summed E-state index contributed by atoms with van der Waals surface area (Å²) in [4.78, 5) is 69.3. The summed E-state index contributed by atoms with van der Waals surface area (Å²) in [5, 5.41) is 2.19. The van der Waals surface area contributed by atoms with Gasteiger partial charge in [0.25, 0.3) is 17.7 Å². The number of carbonyl (C=O) groups is 5. The molecule has 6 rings (SSSR count). The van der Waals surface area contributed by atoms with Gasteiger partial charge in [-0.25, -0.2) is 4.98 Å². The molecular formula is C31H29N5O7. The number of nitrogens with one attached hydrogen (secondary N) is 1. The van der Waals surface area contributed by atoms with E-state index in [0.717, 1.165) is 42.3 Å². The number of anilines is 2. The van der Waals surface area contributed by atoms with Crippen molar-refractivity contribution in [1.82, 2.24) is 9.88 Å². The highest BCUT2D eigenvalue weighted by Crippen LogP contribution is 2.42. The van der Waals surface area contributed by atoms with Crippen molar-refractivity contribution in [2.75, 3.05) is 17.3 Å². The molecule has 1 unspecified atom stereocenters. The fraction of sp³-hybridized carbons (Fsp3) is 0.290. The van der Waals surface area contributed by atoms with Gasteiger partial charge in [0, 0.05) is 23.5 Å². The first-order valence-electron chi connectivity index (χ1n) is 13.9. The first-order chi connectivity index (χ1) is 20.7. The molecule has 220 valence electrons. The van der Waals surface area contributed by atoms with E-state index in [1.165, 1.54) is 6.07 Å². The Kier molecular flexibility index (Phi) is 7.04. The first-order valence-corrected chi connectivity index (χ1v) is 13.9. The van der Waals surface area contributed by atoms with Crippen LogP contribution in [-0.2, 0) is 16.1 Å². The van der Waals surface area contributed by atoms with E-state index in [4.69, 9.17) is 15.2 Å². The number of nitrogens with two attached hydrogens (primary N) is 1. The molecule has 0 spiro atoms. The molecule has 43 heavy (non-hydrogen) atoms. The zero-order chi connectivity index (χ0) is 30.4. The lowest BCUT2D eigenvalue weighted by atomic mass is 10.0. The van der Waals surface area contributed by atoms with Crippen molar-refractivity contribution in [3.63, 3.8) is 0 Å². The van der Waals surface area contributed by atoms with Gasteiger partial charge < -0.3 is 25.4 Å².